The van der Waals surface area contributed by atoms with E-state index in [9.17, 15) is 0 Å². The molecular weight excluding hydrogens is 418 g/mol. The number of aryl methyl sites for hydroxylation is 2. The summed E-state index contributed by atoms with van der Waals surface area (Å²) < 4.78 is 0. The first-order valence-electron chi connectivity index (χ1n) is 7.97. The Morgan fingerprint density at radius 3 is 1.58 bits per heavy atom. The van der Waals surface area contributed by atoms with E-state index in [-0.39, 0.29) is 58.9 Å². The van der Waals surface area contributed by atoms with Crippen LogP contribution in [-0.2, 0) is 21.7 Å². The van der Waals surface area contributed by atoms with Crippen LogP contribution in [0.2, 0.25) is 0 Å². The summed E-state index contributed by atoms with van der Waals surface area (Å²) >= 11 is 0. The van der Waals surface area contributed by atoms with Crippen molar-refractivity contribution in [3.05, 3.63) is 93.6 Å². The molecule has 0 saturated carbocycles. The van der Waals surface area contributed by atoms with Gasteiger partial charge in [-0.3, -0.25) is 6.08 Å². The van der Waals surface area contributed by atoms with E-state index in [4.69, 9.17) is 0 Å². The number of benzene rings is 2. The molecule has 0 aliphatic heterocycles. The van der Waals surface area contributed by atoms with Crippen LogP contribution in [0, 0.1) is 19.9 Å². The van der Waals surface area contributed by atoms with Crippen LogP contribution in [0.4, 0.5) is 0 Å². The molecular formula is C22H23Cl3Ti. The van der Waals surface area contributed by atoms with Crippen LogP contribution in [0.5, 0.6) is 0 Å². The first kappa shape index (κ1) is 27.7. The molecule has 0 spiro atoms. The second-order valence-electron chi connectivity index (χ2n) is 6.43. The Labute approximate surface area is 191 Å². The molecule has 0 fully saturated rings. The van der Waals surface area contributed by atoms with E-state index in [0.29, 0.717) is 5.92 Å². The molecule has 0 aromatic heterocycles. The van der Waals surface area contributed by atoms with Crippen LogP contribution in [0.15, 0.2) is 65.3 Å². The average Bonchev–Trinajstić information content (AvgIpc) is 2.80. The fourth-order valence-corrected chi connectivity index (χ4v) is 3.46. The molecule has 0 bridgehead atoms. The second kappa shape index (κ2) is 12.1. The molecule has 1 aliphatic carbocycles. The molecule has 4 heteroatoms. The Kier molecular flexibility index (Phi) is 12.9. The SMILES string of the molecule is CC1=[C-]CC(C)=C1C(c1cccc(C)c1)c1cccc(C)c1.[Cl-].[Cl-].[Cl-].[Ti+4]. The normalized spacial score (nSPS) is 12.4. The number of rotatable bonds is 3. The van der Waals surface area contributed by atoms with Crippen molar-refractivity contribution in [1.29, 1.82) is 0 Å². The number of halogens is 3. The van der Waals surface area contributed by atoms with E-state index in [0.717, 1.165) is 6.42 Å². The molecule has 0 unspecified atom stereocenters. The van der Waals surface area contributed by atoms with Crippen LogP contribution in [0.3, 0.4) is 0 Å². The van der Waals surface area contributed by atoms with Gasteiger partial charge in [0.2, 0.25) is 0 Å². The minimum atomic E-state index is 0. The number of hydrogen-bond acceptors (Lipinski definition) is 0. The summed E-state index contributed by atoms with van der Waals surface area (Å²) in [6.45, 7) is 8.78. The van der Waals surface area contributed by atoms with Gasteiger partial charge in [-0.1, -0.05) is 84.6 Å². The molecule has 3 rings (SSSR count). The number of allylic oxidation sites excluding steroid dienone is 4. The van der Waals surface area contributed by atoms with Crippen LogP contribution < -0.4 is 37.2 Å². The smallest absolute Gasteiger partial charge is 1.00 e. The number of hydrogen-bond donors (Lipinski definition) is 0. The maximum Gasteiger partial charge on any atom is 4.00 e. The van der Waals surface area contributed by atoms with E-state index >= 15 is 0 Å². The van der Waals surface area contributed by atoms with E-state index in [2.05, 4.69) is 82.3 Å². The van der Waals surface area contributed by atoms with Crippen molar-refractivity contribution >= 4 is 0 Å². The Morgan fingerprint density at radius 1 is 0.769 bits per heavy atom. The van der Waals surface area contributed by atoms with Gasteiger partial charge in [-0.2, -0.15) is 11.1 Å². The first-order valence-corrected chi connectivity index (χ1v) is 7.97. The summed E-state index contributed by atoms with van der Waals surface area (Å²) in [5.41, 5.74) is 9.60. The first-order chi connectivity index (χ1) is 10.6. The van der Waals surface area contributed by atoms with Gasteiger partial charge in [0.1, 0.15) is 0 Å². The third-order valence-corrected chi connectivity index (χ3v) is 4.52. The van der Waals surface area contributed by atoms with Gasteiger partial charge >= 0.3 is 21.7 Å². The molecule has 0 saturated heterocycles. The minimum Gasteiger partial charge on any atom is -1.00 e. The molecule has 0 atom stereocenters. The van der Waals surface area contributed by atoms with Crippen molar-refractivity contribution in [2.45, 2.75) is 40.0 Å². The topological polar surface area (TPSA) is 0 Å². The van der Waals surface area contributed by atoms with Gasteiger partial charge in [-0.15, -0.1) is 6.42 Å². The molecule has 136 valence electrons. The van der Waals surface area contributed by atoms with E-state index in [1.165, 1.54) is 39.0 Å². The van der Waals surface area contributed by atoms with Crippen molar-refractivity contribution in [1.82, 2.24) is 0 Å². The zero-order valence-corrected chi connectivity index (χ0v) is 19.4. The summed E-state index contributed by atoms with van der Waals surface area (Å²) in [6, 6.07) is 17.8. The Balaban J connectivity index is 0. The van der Waals surface area contributed by atoms with E-state index in [1.807, 2.05) is 0 Å². The molecule has 0 radical (unpaired) electrons. The van der Waals surface area contributed by atoms with Gasteiger partial charge < -0.3 is 37.2 Å². The van der Waals surface area contributed by atoms with E-state index in [1.54, 1.807) is 0 Å². The summed E-state index contributed by atoms with van der Waals surface area (Å²) in [4.78, 5) is 0. The van der Waals surface area contributed by atoms with Crippen molar-refractivity contribution in [3.8, 4) is 0 Å². The zero-order chi connectivity index (χ0) is 15.7. The minimum absolute atomic E-state index is 0. The molecule has 2 aromatic rings. The maximum absolute atomic E-state index is 3.51. The Morgan fingerprint density at radius 2 is 1.23 bits per heavy atom. The van der Waals surface area contributed by atoms with Gasteiger partial charge in [-0.05, 0) is 19.8 Å². The summed E-state index contributed by atoms with van der Waals surface area (Å²) in [6.07, 6.45) is 4.48. The molecule has 1 aliphatic rings. The van der Waals surface area contributed by atoms with Gasteiger partial charge in [0.05, 0.1) is 0 Å². The van der Waals surface area contributed by atoms with Gasteiger partial charge in [-0.25, -0.2) is 5.57 Å². The fraction of sp³-hybridized carbons (Fsp3) is 0.273. The van der Waals surface area contributed by atoms with Gasteiger partial charge in [0.25, 0.3) is 0 Å². The maximum atomic E-state index is 3.51. The molecule has 2 aromatic carbocycles. The predicted octanol–water partition coefficient (Wildman–Crippen LogP) is -3.09. The Bertz CT molecular complexity index is 733. The van der Waals surface area contributed by atoms with Crippen molar-refractivity contribution in [3.63, 3.8) is 0 Å². The molecule has 0 heterocycles. The third-order valence-electron chi connectivity index (χ3n) is 4.52. The van der Waals surface area contributed by atoms with Crippen LogP contribution in [-0.4, -0.2) is 0 Å². The summed E-state index contributed by atoms with van der Waals surface area (Å²) in [5, 5.41) is 0. The van der Waals surface area contributed by atoms with Crippen molar-refractivity contribution in [2.24, 2.45) is 0 Å². The zero-order valence-electron chi connectivity index (χ0n) is 15.5. The third kappa shape index (κ3) is 6.01. The van der Waals surface area contributed by atoms with Crippen molar-refractivity contribution in [2.75, 3.05) is 0 Å². The van der Waals surface area contributed by atoms with Crippen LogP contribution in [0.1, 0.15) is 48.4 Å². The van der Waals surface area contributed by atoms with Crippen molar-refractivity contribution < 1.29 is 58.9 Å². The van der Waals surface area contributed by atoms with Crippen LogP contribution >= 0.6 is 0 Å². The summed E-state index contributed by atoms with van der Waals surface area (Å²) in [5.74, 6) is 0.315. The van der Waals surface area contributed by atoms with Gasteiger partial charge in [0, 0.05) is 0 Å². The molecule has 0 N–H and O–H groups in total. The van der Waals surface area contributed by atoms with Gasteiger partial charge in [0.15, 0.2) is 0 Å². The largest absolute Gasteiger partial charge is 4.00 e. The predicted molar refractivity (Wildman–Crippen MR) is 93.9 cm³/mol. The second-order valence-corrected chi connectivity index (χ2v) is 6.43. The summed E-state index contributed by atoms with van der Waals surface area (Å²) in [7, 11) is 0. The monoisotopic (exact) mass is 440 g/mol. The molecule has 26 heavy (non-hydrogen) atoms. The quantitative estimate of drug-likeness (QED) is 0.350. The average molecular weight is 442 g/mol. The van der Waals surface area contributed by atoms with Crippen LogP contribution in [0.25, 0.3) is 0 Å². The molecule has 0 nitrogen and oxygen atoms in total. The molecule has 0 amide bonds. The Hall–Kier alpha value is -0.496. The fourth-order valence-electron chi connectivity index (χ4n) is 3.46. The standard InChI is InChI=1S/C22H23.3ClH.Ti/c1-15-7-5-9-19(13-15)22(20-10-6-8-16(2)14-20)21-17(3)11-12-18(21)4;;;;/h5-10,13-14,22H,11H2,1-4H3;3*1H;/q-1;;;;+4/p-3. The van der Waals surface area contributed by atoms with E-state index < -0.39 is 0 Å².